The second-order valence-corrected chi connectivity index (χ2v) is 4.77. The van der Waals surface area contributed by atoms with Crippen molar-refractivity contribution in [2.24, 2.45) is 5.73 Å². The van der Waals surface area contributed by atoms with Crippen molar-refractivity contribution >= 4 is 11.6 Å². The van der Waals surface area contributed by atoms with Gasteiger partial charge in [0.1, 0.15) is 0 Å². The molecule has 17 heavy (non-hydrogen) atoms. The first-order valence-corrected chi connectivity index (χ1v) is 5.86. The Bertz CT molecular complexity index is 429. The molecule has 0 fully saturated rings. The molecule has 1 aliphatic rings. The molecular formula is C13H19N3O. The van der Waals surface area contributed by atoms with E-state index in [9.17, 15) is 4.79 Å². The van der Waals surface area contributed by atoms with Gasteiger partial charge in [0.2, 0.25) is 5.91 Å². The molecule has 0 unspecified atom stereocenters. The molecule has 1 heterocycles. The maximum Gasteiger partial charge on any atom is 0.231 e. The Morgan fingerprint density at radius 2 is 2.18 bits per heavy atom. The summed E-state index contributed by atoms with van der Waals surface area (Å²) in [5.74, 6) is -0.253. The lowest BCUT2D eigenvalue weighted by atomic mass is 9.99. The molecule has 4 heteroatoms. The van der Waals surface area contributed by atoms with E-state index >= 15 is 0 Å². The fraction of sp³-hybridized carbons (Fsp3) is 0.462. The van der Waals surface area contributed by atoms with E-state index in [1.807, 2.05) is 14.1 Å². The minimum atomic E-state index is -0.253. The molecule has 0 saturated carbocycles. The Labute approximate surface area is 102 Å². The highest BCUT2D eigenvalue weighted by Crippen LogP contribution is 2.23. The van der Waals surface area contributed by atoms with Crippen molar-refractivity contribution in [1.82, 2.24) is 4.90 Å². The second-order valence-electron chi connectivity index (χ2n) is 4.77. The number of nitrogens with zero attached hydrogens (tertiary/aromatic N) is 2. The van der Waals surface area contributed by atoms with Crippen molar-refractivity contribution in [3.8, 4) is 0 Å². The molecule has 2 rings (SSSR count). The summed E-state index contributed by atoms with van der Waals surface area (Å²) >= 11 is 0. The van der Waals surface area contributed by atoms with Crippen LogP contribution in [0.15, 0.2) is 18.2 Å². The first-order chi connectivity index (χ1) is 8.06. The number of hydrogen-bond donors (Lipinski definition) is 1. The molecule has 92 valence electrons. The van der Waals surface area contributed by atoms with Crippen LogP contribution in [-0.2, 0) is 17.8 Å². The number of fused-ring (bicyclic) bond motifs is 1. The van der Waals surface area contributed by atoms with Gasteiger partial charge in [-0.15, -0.1) is 0 Å². The molecule has 1 amide bonds. The molecule has 0 spiro atoms. The zero-order chi connectivity index (χ0) is 12.4. The minimum absolute atomic E-state index is 0.253. The number of hydrogen-bond acceptors (Lipinski definition) is 3. The van der Waals surface area contributed by atoms with Gasteiger partial charge >= 0.3 is 0 Å². The number of nitrogens with two attached hydrogens (primary N) is 1. The number of carbonyl (C=O) groups is 1. The Kier molecular flexibility index (Phi) is 3.33. The molecule has 0 atom stereocenters. The van der Waals surface area contributed by atoms with E-state index < -0.39 is 0 Å². The van der Waals surface area contributed by atoms with Gasteiger partial charge < -0.3 is 10.6 Å². The van der Waals surface area contributed by atoms with Crippen LogP contribution in [-0.4, -0.2) is 38.0 Å². The molecule has 0 bridgehead atoms. The van der Waals surface area contributed by atoms with Crippen molar-refractivity contribution < 1.29 is 4.79 Å². The maximum absolute atomic E-state index is 10.9. The lowest BCUT2D eigenvalue weighted by molar-refractivity contribution is -0.119. The van der Waals surface area contributed by atoms with Crippen molar-refractivity contribution in [3.05, 3.63) is 29.3 Å². The van der Waals surface area contributed by atoms with Crippen molar-refractivity contribution in [3.63, 3.8) is 0 Å². The second kappa shape index (κ2) is 4.75. The lowest BCUT2D eigenvalue weighted by Gasteiger charge is -2.28. The average Bonchev–Trinajstić information content (AvgIpc) is 2.27. The molecule has 4 nitrogen and oxygen atoms in total. The van der Waals surface area contributed by atoms with Crippen molar-refractivity contribution in [1.29, 1.82) is 0 Å². The van der Waals surface area contributed by atoms with E-state index in [4.69, 9.17) is 5.73 Å². The summed E-state index contributed by atoms with van der Waals surface area (Å²) in [6.45, 7) is 2.09. The normalized spacial score (nSPS) is 15.4. The predicted molar refractivity (Wildman–Crippen MR) is 68.9 cm³/mol. The van der Waals surface area contributed by atoms with Gasteiger partial charge in [-0.1, -0.05) is 6.07 Å². The van der Waals surface area contributed by atoms with E-state index in [1.165, 1.54) is 16.8 Å². The summed E-state index contributed by atoms with van der Waals surface area (Å²) in [6.07, 6.45) is 0.996. The van der Waals surface area contributed by atoms with Gasteiger partial charge in [-0.3, -0.25) is 9.69 Å². The van der Waals surface area contributed by atoms with Crippen LogP contribution in [0.25, 0.3) is 0 Å². The molecule has 0 radical (unpaired) electrons. The van der Waals surface area contributed by atoms with E-state index in [-0.39, 0.29) is 5.91 Å². The monoisotopic (exact) mass is 233 g/mol. The lowest BCUT2D eigenvalue weighted by Crippen LogP contribution is -2.37. The van der Waals surface area contributed by atoms with Crippen LogP contribution in [0.5, 0.6) is 0 Å². The zero-order valence-electron chi connectivity index (χ0n) is 10.4. The van der Waals surface area contributed by atoms with Crippen LogP contribution in [0.3, 0.4) is 0 Å². The first-order valence-electron chi connectivity index (χ1n) is 5.86. The summed E-state index contributed by atoms with van der Waals surface area (Å²) < 4.78 is 0. The van der Waals surface area contributed by atoms with Gasteiger partial charge in [-0.05, 0) is 29.7 Å². The Morgan fingerprint density at radius 3 is 2.82 bits per heavy atom. The number of carbonyl (C=O) groups excluding carboxylic acids is 1. The highest BCUT2D eigenvalue weighted by atomic mass is 16.1. The summed E-state index contributed by atoms with van der Waals surface area (Å²) in [6, 6.07) is 6.53. The summed E-state index contributed by atoms with van der Waals surface area (Å²) in [4.78, 5) is 15.1. The number of amides is 1. The predicted octanol–water partition coefficient (Wildman–Crippen LogP) is 0.596. The number of benzene rings is 1. The van der Waals surface area contributed by atoms with Crippen LogP contribution in [0.2, 0.25) is 0 Å². The van der Waals surface area contributed by atoms with E-state index in [2.05, 4.69) is 28.0 Å². The topological polar surface area (TPSA) is 49.6 Å². The highest BCUT2D eigenvalue weighted by molar-refractivity contribution is 5.76. The van der Waals surface area contributed by atoms with Gasteiger partial charge in [0, 0.05) is 32.9 Å². The van der Waals surface area contributed by atoms with Crippen LogP contribution in [0.1, 0.15) is 11.1 Å². The SMILES string of the molecule is CN(C)c1ccc2c(c1)CN(CC(N)=O)CC2. The molecule has 1 aliphatic heterocycles. The van der Waals surface area contributed by atoms with Gasteiger partial charge in [0.25, 0.3) is 0 Å². The number of anilines is 1. The molecule has 0 aliphatic carbocycles. The molecule has 0 saturated heterocycles. The van der Waals surface area contributed by atoms with Gasteiger partial charge in [-0.2, -0.15) is 0 Å². The van der Waals surface area contributed by atoms with E-state index in [1.54, 1.807) is 0 Å². The standard InChI is InChI=1S/C13H19N3O/c1-15(2)12-4-3-10-5-6-16(9-13(14)17)8-11(10)7-12/h3-4,7H,5-6,8-9H2,1-2H3,(H2,14,17). The van der Waals surface area contributed by atoms with Crippen LogP contribution in [0.4, 0.5) is 5.69 Å². The number of rotatable bonds is 3. The van der Waals surface area contributed by atoms with Crippen molar-refractivity contribution in [2.45, 2.75) is 13.0 Å². The molecule has 2 N–H and O–H groups in total. The van der Waals surface area contributed by atoms with Crippen molar-refractivity contribution in [2.75, 3.05) is 32.1 Å². The summed E-state index contributed by atoms with van der Waals surface area (Å²) in [7, 11) is 4.07. The third-order valence-electron chi connectivity index (χ3n) is 3.18. The van der Waals surface area contributed by atoms with Gasteiger partial charge in [0.05, 0.1) is 6.54 Å². The Morgan fingerprint density at radius 1 is 1.41 bits per heavy atom. The Balaban J connectivity index is 2.17. The number of primary amides is 1. The third kappa shape index (κ3) is 2.77. The van der Waals surface area contributed by atoms with Crippen LogP contribution in [0, 0.1) is 0 Å². The van der Waals surface area contributed by atoms with Crippen LogP contribution >= 0.6 is 0 Å². The largest absolute Gasteiger partial charge is 0.378 e. The van der Waals surface area contributed by atoms with Gasteiger partial charge in [0.15, 0.2) is 0 Å². The maximum atomic E-state index is 10.9. The molecule has 1 aromatic carbocycles. The molecule has 0 aromatic heterocycles. The third-order valence-corrected chi connectivity index (χ3v) is 3.18. The van der Waals surface area contributed by atoms with E-state index in [0.29, 0.717) is 6.54 Å². The summed E-state index contributed by atoms with van der Waals surface area (Å²) in [5, 5.41) is 0. The fourth-order valence-electron chi connectivity index (χ4n) is 2.24. The van der Waals surface area contributed by atoms with E-state index in [0.717, 1.165) is 19.5 Å². The average molecular weight is 233 g/mol. The van der Waals surface area contributed by atoms with Crippen LogP contribution < -0.4 is 10.6 Å². The summed E-state index contributed by atoms with van der Waals surface area (Å²) in [5.41, 5.74) is 9.13. The fourth-order valence-corrected chi connectivity index (χ4v) is 2.24. The minimum Gasteiger partial charge on any atom is -0.378 e. The smallest absolute Gasteiger partial charge is 0.231 e. The first kappa shape index (κ1) is 11.9. The van der Waals surface area contributed by atoms with Gasteiger partial charge in [-0.25, -0.2) is 0 Å². The zero-order valence-corrected chi connectivity index (χ0v) is 10.4. The highest BCUT2D eigenvalue weighted by Gasteiger charge is 2.17. The Hall–Kier alpha value is -1.55. The molecule has 1 aromatic rings. The quantitative estimate of drug-likeness (QED) is 0.831. The molecular weight excluding hydrogens is 214 g/mol.